The van der Waals surface area contributed by atoms with Crippen LogP contribution in [0.5, 0.6) is 0 Å². The van der Waals surface area contributed by atoms with Crippen molar-refractivity contribution in [2.45, 2.75) is 97.0 Å². The van der Waals surface area contributed by atoms with Gasteiger partial charge in [0.05, 0.1) is 11.5 Å². The van der Waals surface area contributed by atoms with E-state index < -0.39 is 17.5 Å². The molecule has 0 aliphatic carbocycles. The molecule has 0 fully saturated rings. The van der Waals surface area contributed by atoms with E-state index in [-0.39, 0.29) is 0 Å². The Morgan fingerprint density at radius 2 is 1.30 bits per heavy atom. The summed E-state index contributed by atoms with van der Waals surface area (Å²) >= 11 is 0. The predicted molar refractivity (Wildman–Crippen MR) is 83.9 cm³/mol. The molecule has 0 spiro atoms. The van der Waals surface area contributed by atoms with Crippen molar-refractivity contribution < 1.29 is 15.0 Å². The molecule has 0 amide bonds. The van der Waals surface area contributed by atoms with Gasteiger partial charge in [0.15, 0.2) is 0 Å². The molecule has 0 bridgehead atoms. The maximum atomic E-state index is 11.1. The highest BCUT2D eigenvalue weighted by atomic mass is 16.4. The highest BCUT2D eigenvalue weighted by molar-refractivity contribution is 5.71. The second-order valence-corrected chi connectivity index (χ2v) is 6.52. The molecule has 0 aromatic carbocycles. The lowest BCUT2D eigenvalue weighted by Gasteiger charge is -2.25. The van der Waals surface area contributed by atoms with E-state index >= 15 is 0 Å². The first-order chi connectivity index (χ1) is 9.39. The molecule has 0 saturated heterocycles. The minimum Gasteiger partial charge on any atom is -0.481 e. The van der Waals surface area contributed by atoms with E-state index in [1.165, 1.54) is 51.4 Å². The number of aliphatic carboxylic acids is 1. The van der Waals surface area contributed by atoms with E-state index in [0.29, 0.717) is 6.42 Å². The zero-order chi connectivity index (χ0) is 15.4. The summed E-state index contributed by atoms with van der Waals surface area (Å²) in [5.74, 6) is -1.52. The third-order valence-electron chi connectivity index (χ3n) is 4.00. The molecule has 1 unspecified atom stereocenters. The zero-order valence-electron chi connectivity index (χ0n) is 13.7. The van der Waals surface area contributed by atoms with Crippen LogP contribution in [0.2, 0.25) is 0 Å². The van der Waals surface area contributed by atoms with Crippen molar-refractivity contribution in [1.82, 2.24) is 0 Å². The number of carboxylic acid groups (broad SMARTS) is 1. The first-order valence-corrected chi connectivity index (χ1v) is 8.34. The number of hydrogen-bond acceptors (Lipinski definition) is 2. The Morgan fingerprint density at radius 3 is 1.65 bits per heavy atom. The van der Waals surface area contributed by atoms with E-state index in [2.05, 4.69) is 6.92 Å². The average molecular weight is 286 g/mol. The van der Waals surface area contributed by atoms with Gasteiger partial charge in [0.25, 0.3) is 0 Å². The lowest BCUT2D eigenvalue weighted by atomic mass is 9.86. The normalized spacial score (nSPS) is 13.4. The van der Waals surface area contributed by atoms with Gasteiger partial charge in [-0.1, -0.05) is 71.1 Å². The minimum absolute atomic E-state index is 0.579. The van der Waals surface area contributed by atoms with E-state index in [1.54, 1.807) is 13.8 Å². The highest BCUT2D eigenvalue weighted by Gasteiger charge is 2.32. The third kappa shape index (κ3) is 10.2. The number of carbonyl (C=O) groups is 1. The van der Waals surface area contributed by atoms with E-state index in [1.807, 2.05) is 0 Å². The minimum atomic E-state index is -1.12. The Labute approximate surface area is 124 Å². The van der Waals surface area contributed by atoms with Gasteiger partial charge >= 0.3 is 5.97 Å². The monoisotopic (exact) mass is 286 g/mol. The summed E-state index contributed by atoms with van der Waals surface area (Å²) in [4.78, 5) is 11.1. The largest absolute Gasteiger partial charge is 0.481 e. The van der Waals surface area contributed by atoms with Crippen LogP contribution in [0.15, 0.2) is 0 Å². The van der Waals surface area contributed by atoms with Crippen LogP contribution < -0.4 is 0 Å². The second kappa shape index (κ2) is 11.1. The van der Waals surface area contributed by atoms with Crippen LogP contribution in [0.3, 0.4) is 0 Å². The quantitative estimate of drug-likeness (QED) is 0.479. The molecule has 0 aromatic heterocycles. The molecule has 0 aliphatic rings. The molecule has 1 atom stereocenters. The Kier molecular flexibility index (Phi) is 10.8. The SMILES string of the molecule is CCCCCCCCCCCCC(C(=O)O)C(C)(C)O. The topological polar surface area (TPSA) is 57.5 Å². The molecule has 3 heteroatoms. The molecular weight excluding hydrogens is 252 g/mol. The Hall–Kier alpha value is -0.570. The standard InChI is InChI=1S/C17H34O3/c1-4-5-6-7-8-9-10-11-12-13-14-15(16(18)19)17(2,3)20/h15,20H,4-14H2,1-3H3,(H,18,19). The number of rotatable bonds is 13. The summed E-state index contributed by atoms with van der Waals surface area (Å²) in [7, 11) is 0. The second-order valence-electron chi connectivity index (χ2n) is 6.52. The molecule has 20 heavy (non-hydrogen) atoms. The molecule has 0 radical (unpaired) electrons. The van der Waals surface area contributed by atoms with Gasteiger partial charge in [-0.15, -0.1) is 0 Å². The fourth-order valence-electron chi connectivity index (χ4n) is 2.61. The summed E-state index contributed by atoms with van der Waals surface area (Å²) in [6, 6.07) is 0. The smallest absolute Gasteiger partial charge is 0.309 e. The van der Waals surface area contributed by atoms with Gasteiger partial charge in [-0.3, -0.25) is 4.79 Å². The summed E-state index contributed by atoms with van der Waals surface area (Å²) in [5, 5.41) is 18.9. The van der Waals surface area contributed by atoms with E-state index in [4.69, 9.17) is 5.11 Å². The first kappa shape index (κ1) is 19.4. The number of hydrogen-bond donors (Lipinski definition) is 2. The number of carboxylic acids is 1. The third-order valence-corrected chi connectivity index (χ3v) is 4.00. The van der Waals surface area contributed by atoms with Gasteiger partial charge < -0.3 is 10.2 Å². The molecule has 120 valence electrons. The van der Waals surface area contributed by atoms with Crippen molar-refractivity contribution in [3.8, 4) is 0 Å². The van der Waals surface area contributed by atoms with Crippen LogP contribution in [-0.2, 0) is 4.79 Å². The highest BCUT2D eigenvalue weighted by Crippen LogP contribution is 2.23. The van der Waals surface area contributed by atoms with Crippen LogP contribution in [0.1, 0.15) is 91.4 Å². The van der Waals surface area contributed by atoms with Gasteiger partial charge in [-0.2, -0.15) is 0 Å². The summed E-state index contributed by atoms with van der Waals surface area (Å²) < 4.78 is 0. The van der Waals surface area contributed by atoms with Crippen LogP contribution in [-0.4, -0.2) is 21.8 Å². The van der Waals surface area contributed by atoms with Crippen LogP contribution in [0.25, 0.3) is 0 Å². The molecule has 0 aliphatic heterocycles. The Morgan fingerprint density at radius 1 is 0.900 bits per heavy atom. The van der Waals surface area contributed by atoms with Crippen LogP contribution >= 0.6 is 0 Å². The molecule has 3 nitrogen and oxygen atoms in total. The maximum Gasteiger partial charge on any atom is 0.309 e. The Balaban J connectivity index is 3.49. The van der Waals surface area contributed by atoms with Crippen molar-refractivity contribution in [1.29, 1.82) is 0 Å². The fourth-order valence-corrected chi connectivity index (χ4v) is 2.61. The van der Waals surface area contributed by atoms with Crippen molar-refractivity contribution >= 4 is 5.97 Å². The van der Waals surface area contributed by atoms with Gasteiger partial charge in [-0.05, 0) is 20.3 Å². The molecule has 0 rings (SSSR count). The van der Waals surface area contributed by atoms with Crippen molar-refractivity contribution in [3.05, 3.63) is 0 Å². The summed E-state index contributed by atoms with van der Waals surface area (Å²) in [5.41, 5.74) is -1.12. The molecule has 0 heterocycles. The molecule has 2 N–H and O–H groups in total. The van der Waals surface area contributed by atoms with Crippen molar-refractivity contribution in [2.75, 3.05) is 0 Å². The van der Waals surface area contributed by atoms with Gasteiger partial charge in [0, 0.05) is 0 Å². The predicted octanol–water partition coefficient (Wildman–Crippen LogP) is 4.77. The van der Waals surface area contributed by atoms with Gasteiger partial charge in [-0.25, -0.2) is 0 Å². The maximum absolute atomic E-state index is 11.1. The van der Waals surface area contributed by atoms with Gasteiger partial charge in [0.2, 0.25) is 0 Å². The van der Waals surface area contributed by atoms with E-state index in [9.17, 15) is 9.90 Å². The summed E-state index contributed by atoms with van der Waals surface area (Å²) in [6.45, 7) is 5.40. The number of unbranched alkanes of at least 4 members (excludes halogenated alkanes) is 9. The van der Waals surface area contributed by atoms with Gasteiger partial charge in [0.1, 0.15) is 0 Å². The lowest BCUT2D eigenvalue weighted by Crippen LogP contribution is -2.36. The first-order valence-electron chi connectivity index (χ1n) is 8.34. The Bertz CT molecular complexity index is 243. The average Bonchev–Trinajstić information content (AvgIpc) is 2.34. The molecule has 0 aromatic rings. The van der Waals surface area contributed by atoms with Crippen LogP contribution in [0, 0.1) is 5.92 Å². The molecule has 0 saturated carbocycles. The van der Waals surface area contributed by atoms with Crippen molar-refractivity contribution in [2.24, 2.45) is 5.92 Å². The number of aliphatic hydroxyl groups is 1. The van der Waals surface area contributed by atoms with E-state index in [0.717, 1.165) is 12.8 Å². The zero-order valence-corrected chi connectivity index (χ0v) is 13.7. The van der Waals surface area contributed by atoms with Crippen LogP contribution in [0.4, 0.5) is 0 Å². The summed E-state index contributed by atoms with van der Waals surface area (Å²) in [6.07, 6.45) is 13.0. The molecular formula is C17H34O3. The fraction of sp³-hybridized carbons (Fsp3) is 0.941. The van der Waals surface area contributed by atoms with Crippen molar-refractivity contribution in [3.63, 3.8) is 0 Å². The lowest BCUT2D eigenvalue weighted by molar-refractivity contribution is -0.150.